The molecule has 0 spiro atoms. The molecule has 0 fully saturated rings. The van der Waals surface area contributed by atoms with Crippen molar-refractivity contribution in [1.82, 2.24) is 0 Å². The largest absolute Gasteiger partial charge is 0.358 e. The number of benzene rings is 1. The molecular weight excluding hydrogens is 274 g/mol. The summed E-state index contributed by atoms with van der Waals surface area (Å²) >= 11 is 0. The zero-order valence-corrected chi connectivity index (χ0v) is 13.0. The Morgan fingerprint density at radius 3 is 2.25 bits per heavy atom. The van der Waals surface area contributed by atoms with E-state index in [1.807, 2.05) is 19.9 Å². The highest BCUT2D eigenvalue weighted by molar-refractivity contribution is 7.86. The van der Waals surface area contributed by atoms with E-state index in [9.17, 15) is 8.42 Å². The molecule has 0 saturated carbocycles. The average Bonchev–Trinajstić information content (AvgIpc) is 2.61. The molecule has 5 heteroatoms. The molecule has 108 valence electrons. The van der Waals surface area contributed by atoms with Gasteiger partial charge in [0.05, 0.1) is 5.71 Å². The lowest BCUT2D eigenvalue weighted by atomic mass is 9.87. The molecule has 0 bridgehead atoms. The fourth-order valence-corrected chi connectivity index (χ4v) is 2.74. The maximum atomic E-state index is 12.0. The summed E-state index contributed by atoms with van der Waals surface area (Å²) in [5.41, 5.74) is 2.83. The number of hydrogen-bond donors (Lipinski definition) is 0. The van der Waals surface area contributed by atoms with Gasteiger partial charge in [-0.05, 0) is 37.5 Å². The van der Waals surface area contributed by atoms with Crippen molar-refractivity contribution in [3.63, 3.8) is 0 Å². The van der Waals surface area contributed by atoms with E-state index in [1.54, 1.807) is 12.1 Å². The van der Waals surface area contributed by atoms with Crippen LogP contribution in [0.4, 0.5) is 0 Å². The normalized spacial score (nSPS) is 20.0. The van der Waals surface area contributed by atoms with Crippen LogP contribution < -0.4 is 0 Å². The smallest absolute Gasteiger partial charge is 0.265 e. The van der Waals surface area contributed by atoms with Gasteiger partial charge >= 0.3 is 10.1 Å². The van der Waals surface area contributed by atoms with E-state index < -0.39 is 10.1 Å². The predicted octanol–water partition coefficient (Wildman–Crippen LogP) is 3.43. The van der Waals surface area contributed by atoms with Crippen LogP contribution in [0, 0.1) is 12.3 Å². The van der Waals surface area contributed by atoms with Crippen molar-refractivity contribution < 1.29 is 12.7 Å². The monoisotopic (exact) mass is 293 g/mol. The topological polar surface area (TPSA) is 55.7 Å². The zero-order chi connectivity index (χ0) is 15.0. The zero-order valence-electron chi connectivity index (χ0n) is 12.2. The van der Waals surface area contributed by atoms with Crippen molar-refractivity contribution >= 4 is 15.8 Å². The molecule has 4 nitrogen and oxygen atoms in total. The standard InChI is InChI=1S/C15H19NO3S/c1-11-5-7-14(8-6-11)20(17,18)19-16-13-9-12(2)15(3,4)10-13/h5-9H,10H2,1-4H3/b16-13+. The van der Waals surface area contributed by atoms with Gasteiger partial charge in [-0.2, -0.15) is 8.42 Å². The maximum Gasteiger partial charge on any atom is 0.358 e. The van der Waals surface area contributed by atoms with Crippen molar-refractivity contribution in [1.29, 1.82) is 0 Å². The third-order valence-electron chi connectivity index (χ3n) is 3.64. The van der Waals surface area contributed by atoms with Gasteiger partial charge in [-0.25, -0.2) is 0 Å². The number of rotatable bonds is 3. The molecule has 0 unspecified atom stereocenters. The van der Waals surface area contributed by atoms with E-state index in [4.69, 9.17) is 4.28 Å². The summed E-state index contributed by atoms with van der Waals surface area (Å²) in [5.74, 6) is 0. The lowest BCUT2D eigenvalue weighted by Crippen LogP contribution is -2.10. The Morgan fingerprint density at radius 2 is 1.75 bits per heavy atom. The Hall–Kier alpha value is -1.62. The Labute approximate surface area is 120 Å². The van der Waals surface area contributed by atoms with Crippen LogP contribution in [0.25, 0.3) is 0 Å². The lowest BCUT2D eigenvalue weighted by molar-refractivity contribution is 0.336. The molecule has 1 aliphatic carbocycles. The van der Waals surface area contributed by atoms with Gasteiger partial charge in [0.15, 0.2) is 0 Å². The van der Waals surface area contributed by atoms with Gasteiger partial charge in [0, 0.05) is 6.42 Å². The van der Waals surface area contributed by atoms with Crippen molar-refractivity contribution in [2.24, 2.45) is 10.6 Å². The van der Waals surface area contributed by atoms with Crippen LogP contribution in [0.3, 0.4) is 0 Å². The molecule has 0 aliphatic heterocycles. The highest BCUT2D eigenvalue weighted by Gasteiger charge is 2.29. The van der Waals surface area contributed by atoms with Crippen LogP contribution in [0.2, 0.25) is 0 Å². The second-order valence-electron chi connectivity index (χ2n) is 5.81. The highest BCUT2D eigenvalue weighted by Crippen LogP contribution is 2.36. The molecule has 1 aromatic rings. The molecule has 0 radical (unpaired) electrons. The summed E-state index contributed by atoms with van der Waals surface area (Å²) in [6.07, 6.45) is 2.56. The summed E-state index contributed by atoms with van der Waals surface area (Å²) in [5, 5.41) is 3.79. The Balaban J connectivity index is 2.17. The Kier molecular flexibility index (Phi) is 3.73. The van der Waals surface area contributed by atoms with Gasteiger partial charge in [-0.15, -0.1) is 0 Å². The Bertz CT molecular complexity index is 668. The fourth-order valence-electron chi connectivity index (χ4n) is 1.99. The number of aryl methyl sites for hydroxylation is 1. The van der Waals surface area contributed by atoms with Gasteiger partial charge < -0.3 is 0 Å². The lowest BCUT2D eigenvalue weighted by Gasteiger charge is -2.18. The average molecular weight is 293 g/mol. The minimum absolute atomic E-state index is 0.00974. The first-order chi connectivity index (χ1) is 9.21. The molecule has 20 heavy (non-hydrogen) atoms. The number of oxime groups is 1. The summed E-state index contributed by atoms with van der Waals surface area (Å²) in [7, 11) is -3.84. The Morgan fingerprint density at radius 1 is 1.15 bits per heavy atom. The minimum atomic E-state index is -3.84. The molecule has 0 aromatic heterocycles. The molecule has 2 rings (SSSR count). The fraction of sp³-hybridized carbons (Fsp3) is 0.400. The van der Waals surface area contributed by atoms with Crippen molar-refractivity contribution in [3.8, 4) is 0 Å². The quantitative estimate of drug-likeness (QED) is 0.802. The first-order valence-electron chi connectivity index (χ1n) is 6.47. The predicted molar refractivity (Wildman–Crippen MR) is 79.0 cm³/mol. The van der Waals surface area contributed by atoms with Gasteiger partial charge in [-0.1, -0.05) is 42.3 Å². The molecule has 0 heterocycles. The van der Waals surface area contributed by atoms with E-state index in [-0.39, 0.29) is 10.3 Å². The second kappa shape index (κ2) is 5.05. The molecule has 0 atom stereocenters. The van der Waals surface area contributed by atoms with Crippen LogP contribution in [0.5, 0.6) is 0 Å². The van der Waals surface area contributed by atoms with Crippen LogP contribution in [0.1, 0.15) is 32.8 Å². The first-order valence-corrected chi connectivity index (χ1v) is 7.87. The van der Waals surface area contributed by atoms with Crippen LogP contribution in [-0.2, 0) is 14.4 Å². The van der Waals surface area contributed by atoms with Crippen LogP contribution >= 0.6 is 0 Å². The summed E-state index contributed by atoms with van der Waals surface area (Å²) in [6.45, 7) is 8.09. The van der Waals surface area contributed by atoms with Crippen molar-refractivity contribution in [2.45, 2.75) is 39.0 Å². The van der Waals surface area contributed by atoms with Crippen molar-refractivity contribution in [2.75, 3.05) is 0 Å². The second-order valence-corrected chi connectivity index (χ2v) is 7.34. The SMILES string of the molecule is CC1=C/C(=N\OS(=O)(=O)c2ccc(C)cc2)CC1(C)C. The molecule has 0 saturated heterocycles. The number of allylic oxidation sites excluding steroid dienone is 2. The van der Waals surface area contributed by atoms with Gasteiger partial charge in [0.1, 0.15) is 4.90 Å². The highest BCUT2D eigenvalue weighted by atomic mass is 32.2. The van der Waals surface area contributed by atoms with E-state index in [0.717, 1.165) is 5.56 Å². The van der Waals surface area contributed by atoms with Crippen LogP contribution in [0.15, 0.2) is 46.0 Å². The molecule has 1 aliphatic rings. The number of nitrogens with zero attached hydrogens (tertiary/aromatic N) is 1. The minimum Gasteiger partial charge on any atom is -0.265 e. The maximum absolute atomic E-state index is 12.0. The summed E-state index contributed by atoms with van der Waals surface area (Å²) < 4.78 is 28.8. The van der Waals surface area contributed by atoms with Gasteiger partial charge in [0.25, 0.3) is 0 Å². The first kappa shape index (κ1) is 14.8. The molecule has 0 amide bonds. The van der Waals surface area contributed by atoms with Crippen LogP contribution in [-0.4, -0.2) is 14.1 Å². The molecule has 0 N–H and O–H groups in total. The van der Waals surface area contributed by atoms with Gasteiger partial charge in [0.2, 0.25) is 0 Å². The molecular formula is C15H19NO3S. The third-order valence-corrected chi connectivity index (χ3v) is 4.76. The van der Waals surface area contributed by atoms with E-state index in [2.05, 4.69) is 19.0 Å². The van der Waals surface area contributed by atoms with E-state index in [0.29, 0.717) is 12.1 Å². The van der Waals surface area contributed by atoms with E-state index >= 15 is 0 Å². The van der Waals surface area contributed by atoms with Gasteiger partial charge in [-0.3, -0.25) is 4.28 Å². The van der Waals surface area contributed by atoms with Crippen molar-refractivity contribution in [3.05, 3.63) is 41.5 Å². The molecule has 1 aromatic carbocycles. The van der Waals surface area contributed by atoms with E-state index in [1.165, 1.54) is 17.7 Å². The summed E-state index contributed by atoms with van der Waals surface area (Å²) in [4.78, 5) is 0.116. The summed E-state index contributed by atoms with van der Waals surface area (Å²) in [6, 6.07) is 6.49. The third kappa shape index (κ3) is 3.10. The number of hydrogen-bond acceptors (Lipinski definition) is 4.